The quantitative estimate of drug-likeness (QED) is 0.674. The summed E-state index contributed by atoms with van der Waals surface area (Å²) in [6.07, 6.45) is 2.49. The molecule has 1 unspecified atom stereocenters. The van der Waals surface area contributed by atoms with Crippen molar-refractivity contribution in [3.63, 3.8) is 0 Å². The second kappa shape index (κ2) is 3.28. The van der Waals surface area contributed by atoms with Gasteiger partial charge in [0, 0.05) is 26.2 Å². The Balaban J connectivity index is 2.06. The first-order valence-electron chi connectivity index (χ1n) is 5.14. The van der Waals surface area contributed by atoms with Gasteiger partial charge in [-0.3, -0.25) is 4.90 Å². The molecule has 1 saturated carbocycles. The van der Waals surface area contributed by atoms with E-state index in [0.29, 0.717) is 5.92 Å². The average molecular weight is 179 g/mol. The monoisotopic (exact) mass is 179 g/mol. The van der Waals surface area contributed by atoms with Crippen molar-refractivity contribution < 1.29 is 0 Å². The van der Waals surface area contributed by atoms with Gasteiger partial charge in [0.2, 0.25) is 0 Å². The minimum atomic E-state index is -0.178. The molecule has 0 bridgehead atoms. The highest BCUT2D eigenvalue weighted by Crippen LogP contribution is 2.42. The van der Waals surface area contributed by atoms with E-state index in [1.807, 2.05) is 0 Å². The largest absolute Gasteiger partial charge is 0.314 e. The second-order valence-corrected chi connectivity index (χ2v) is 4.27. The van der Waals surface area contributed by atoms with Crippen LogP contribution in [0.15, 0.2) is 0 Å². The van der Waals surface area contributed by atoms with E-state index in [1.54, 1.807) is 0 Å². The first-order chi connectivity index (χ1) is 6.27. The highest BCUT2D eigenvalue weighted by atomic mass is 15.2. The van der Waals surface area contributed by atoms with E-state index in [2.05, 4.69) is 23.2 Å². The summed E-state index contributed by atoms with van der Waals surface area (Å²) in [5.41, 5.74) is -0.178. The van der Waals surface area contributed by atoms with Gasteiger partial charge in [0.15, 0.2) is 0 Å². The van der Waals surface area contributed by atoms with Crippen molar-refractivity contribution in [3.8, 4) is 6.07 Å². The third kappa shape index (κ3) is 1.56. The first kappa shape index (κ1) is 8.98. The Morgan fingerprint density at radius 1 is 1.38 bits per heavy atom. The van der Waals surface area contributed by atoms with Gasteiger partial charge in [-0.25, -0.2) is 0 Å². The zero-order valence-corrected chi connectivity index (χ0v) is 8.21. The molecule has 0 spiro atoms. The Morgan fingerprint density at radius 3 is 2.46 bits per heavy atom. The number of nitriles is 1. The predicted octanol–water partition coefficient (Wildman–Crippen LogP) is 0.584. The summed E-state index contributed by atoms with van der Waals surface area (Å²) in [7, 11) is 0. The van der Waals surface area contributed by atoms with Crippen molar-refractivity contribution >= 4 is 0 Å². The van der Waals surface area contributed by atoms with Crippen molar-refractivity contribution in [3.05, 3.63) is 0 Å². The first-order valence-corrected chi connectivity index (χ1v) is 5.14. The normalized spacial score (nSPS) is 29.2. The molecule has 1 heterocycles. The van der Waals surface area contributed by atoms with Crippen molar-refractivity contribution in [2.45, 2.75) is 25.3 Å². The van der Waals surface area contributed by atoms with Gasteiger partial charge in [0.25, 0.3) is 0 Å². The third-order valence-electron chi connectivity index (χ3n) is 3.37. The van der Waals surface area contributed by atoms with Crippen LogP contribution >= 0.6 is 0 Å². The summed E-state index contributed by atoms with van der Waals surface area (Å²) in [5.74, 6) is 0.635. The van der Waals surface area contributed by atoms with Gasteiger partial charge >= 0.3 is 0 Å². The summed E-state index contributed by atoms with van der Waals surface area (Å²) in [6, 6.07) is 2.51. The SMILES string of the molecule is CC(C#N)(C1CC1)N1CCNCC1. The molecular weight excluding hydrogens is 162 g/mol. The molecule has 0 aromatic carbocycles. The molecule has 2 aliphatic rings. The smallest absolute Gasteiger partial charge is 0.109 e. The van der Waals surface area contributed by atoms with Gasteiger partial charge in [0.05, 0.1) is 6.07 Å². The molecule has 2 rings (SSSR count). The average Bonchev–Trinajstić information content (AvgIpc) is 3.02. The lowest BCUT2D eigenvalue weighted by Gasteiger charge is -2.39. The molecule has 0 amide bonds. The topological polar surface area (TPSA) is 39.1 Å². The van der Waals surface area contributed by atoms with E-state index >= 15 is 0 Å². The van der Waals surface area contributed by atoms with Crippen LogP contribution in [0.1, 0.15) is 19.8 Å². The van der Waals surface area contributed by atoms with E-state index in [0.717, 1.165) is 26.2 Å². The minimum Gasteiger partial charge on any atom is -0.314 e. The number of nitrogens with one attached hydrogen (secondary N) is 1. The molecule has 1 N–H and O–H groups in total. The van der Waals surface area contributed by atoms with E-state index in [1.165, 1.54) is 12.8 Å². The zero-order chi connectivity index (χ0) is 9.31. The standard InChI is InChI=1S/C10H17N3/c1-10(8-11,9-2-3-9)13-6-4-12-5-7-13/h9,12H,2-7H2,1H3. The number of rotatable bonds is 2. The molecule has 0 aromatic rings. The number of piperazine rings is 1. The summed E-state index contributed by atoms with van der Waals surface area (Å²) in [4.78, 5) is 2.35. The van der Waals surface area contributed by atoms with Crippen LogP contribution in [0, 0.1) is 17.2 Å². The molecule has 13 heavy (non-hydrogen) atoms. The van der Waals surface area contributed by atoms with E-state index in [9.17, 15) is 5.26 Å². The number of hydrogen-bond acceptors (Lipinski definition) is 3. The Labute approximate surface area is 79.7 Å². The van der Waals surface area contributed by atoms with Gasteiger partial charge in [-0.15, -0.1) is 0 Å². The van der Waals surface area contributed by atoms with Crippen molar-refractivity contribution in [2.75, 3.05) is 26.2 Å². The Morgan fingerprint density at radius 2 is 2.00 bits per heavy atom. The fourth-order valence-electron chi connectivity index (χ4n) is 2.19. The van der Waals surface area contributed by atoms with Crippen molar-refractivity contribution in [1.29, 1.82) is 5.26 Å². The highest BCUT2D eigenvalue weighted by Gasteiger charge is 2.46. The van der Waals surface area contributed by atoms with Gasteiger partial charge in [-0.1, -0.05) is 0 Å². The molecule has 1 saturated heterocycles. The lowest BCUT2D eigenvalue weighted by Crippen LogP contribution is -2.55. The van der Waals surface area contributed by atoms with Crippen LogP contribution in [0.4, 0.5) is 0 Å². The predicted molar refractivity (Wildman–Crippen MR) is 51.2 cm³/mol. The Hall–Kier alpha value is -0.590. The molecule has 3 nitrogen and oxygen atoms in total. The molecule has 1 aliphatic heterocycles. The second-order valence-electron chi connectivity index (χ2n) is 4.27. The van der Waals surface area contributed by atoms with Crippen LogP contribution < -0.4 is 5.32 Å². The minimum absolute atomic E-state index is 0.178. The van der Waals surface area contributed by atoms with Crippen LogP contribution in [0.3, 0.4) is 0 Å². The summed E-state index contributed by atoms with van der Waals surface area (Å²) >= 11 is 0. The van der Waals surface area contributed by atoms with Crippen LogP contribution in [0.25, 0.3) is 0 Å². The maximum Gasteiger partial charge on any atom is 0.109 e. The lowest BCUT2D eigenvalue weighted by atomic mass is 9.94. The van der Waals surface area contributed by atoms with Crippen LogP contribution in [-0.2, 0) is 0 Å². The summed E-state index contributed by atoms with van der Waals surface area (Å²) < 4.78 is 0. The molecule has 1 atom stereocenters. The van der Waals surface area contributed by atoms with Crippen molar-refractivity contribution in [1.82, 2.24) is 10.2 Å². The molecule has 3 heteroatoms. The maximum atomic E-state index is 9.24. The van der Waals surface area contributed by atoms with Crippen LogP contribution in [0.2, 0.25) is 0 Å². The third-order valence-corrected chi connectivity index (χ3v) is 3.37. The van der Waals surface area contributed by atoms with E-state index in [-0.39, 0.29) is 5.54 Å². The van der Waals surface area contributed by atoms with Crippen LogP contribution in [-0.4, -0.2) is 36.6 Å². The van der Waals surface area contributed by atoms with Gasteiger partial charge in [0.1, 0.15) is 5.54 Å². The lowest BCUT2D eigenvalue weighted by molar-refractivity contribution is 0.114. The van der Waals surface area contributed by atoms with Crippen molar-refractivity contribution in [2.24, 2.45) is 5.92 Å². The fraction of sp³-hybridized carbons (Fsp3) is 0.900. The molecule has 0 aromatic heterocycles. The van der Waals surface area contributed by atoms with Gasteiger partial charge in [-0.05, 0) is 25.7 Å². The fourth-order valence-corrected chi connectivity index (χ4v) is 2.19. The Kier molecular flexibility index (Phi) is 2.27. The highest BCUT2D eigenvalue weighted by molar-refractivity contribution is 5.13. The van der Waals surface area contributed by atoms with E-state index < -0.39 is 0 Å². The molecule has 1 aliphatic carbocycles. The maximum absolute atomic E-state index is 9.24. The van der Waals surface area contributed by atoms with Gasteiger partial charge < -0.3 is 5.32 Å². The molecular formula is C10H17N3. The Bertz CT molecular complexity index is 223. The van der Waals surface area contributed by atoms with Crippen LogP contribution in [0.5, 0.6) is 0 Å². The summed E-state index contributed by atoms with van der Waals surface area (Å²) in [6.45, 7) is 6.23. The zero-order valence-electron chi connectivity index (χ0n) is 8.21. The summed E-state index contributed by atoms with van der Waals surface area (Å²) in [5, 5.41) is 12.6. The molecule has 72 valence electrons. The van der Waals surface area contributed by atoms with Gasteiger partial charge in [-0.2, -0.15) is 5.26 Å². The number of nitrogens with zero attached hydrogens (tertiary/aromatic N) is 2. The molecule has 2 fully saturated rings. The number of hydrogen-bond donors (Lipinski definition) is 1. The molecule has 0 radical (unpaired) electrons. The van der Waals surface area contributed by atoms with E-state index in [4.69, 9.17) is 0 Å².